The molecule has 0 spiro atoms. The second-order valence-corrected chi connectivity index (χ2v) is 55.1. The number of carbonyl (C=O) groups is 3. The first kappa shape index (κ1) is 130. The number of nitrogens with zero attached hydrogens (tertiary/aromatic N) is 10. The number of benzene rings is 5. The van der Waals surface area contributed by atoms with Gasteiger partial charge in [-0.1, -0.05) is 65.5 Å². The van der Waals surface area contributed by atoms with Crippen molar-refractivity contribution in [2.75, 3.05) is 97.6 Å². The van der Waals surface area contributed by atoms with Crippen LogP contribution in [0.4, 0.5) is 51.7 Å². The number of hydrogen-bond donors (Lipinski definition) is 11. The molecular weight excluding hydrogens is 2190 g/mol. The van der Waals surface area contributed by atoms with Crippen molar-refractivity contribution in [2.45, 2.75) is 235 Å². The van der Waals surface area contributed by atoms with E-state index in [-0.39, 0.29) is 118 Å². The minimum absolute atomic E-state index is 0.00298. The van der Waals surface area contributed by atoms with E-state index in [1.54, 1.807) is 186 Å². The first-order valence-corrected chi connectivity index (χ1v) is 62.7. The highest BCUT2D eigenvalue weighted by Gasteiger charge is 2.31. The third-order valence-corrected chi connectivity index (χ3v) is 30.9. The molecule has 0 saturated carbocycles. The van der Waals surface area contributed by atoms with E-state index < -0.39 is 134 Å². The van der Waals surface area contributed by atoms with Crippen LogP contribution in [0.15, 0.2) is 203 Å². The second kappa shape index (κ2) is 55.1. The van der Waals surface area contributed by atoms with Crippen molar-refractivity contribution in [1.29, 1.82) is 0 Å². The zero-order chi connectivity index (χ0) is 114. The Labute approximate surface area is 892 Å². The van der Waals surface area contributed by atoms with Crippen molar-refractivity contribution in [3.05, 3.63) is 185 Å². The number of rotatable bonds is 38. The summed E-state index contributed by atoms with van der Waals surface area (Å²) >= 11 is 8.64. The Bertz CT molecular complexity index is 7510. The summed E-state index contributed by atoms with van der Waals surface area (Å²) < 4.78 is 250. The lowest BCUT2D eigenvalue weighted by atomic mass is 10.1. The number of thioether (sulfide) groups is 2. The minimum atomic E-state index is -3.81. The summed E-state index contributed by atoms with van der Waals surface area (Å²) in [6, 6.07) is 30.5. The van der Waals surface area contributed by atoms with Gasteiger partial charge in [0, 0.05) is 153 Å². The Balaban J connectivity index is 0.000000322. The molecule has 12 N–H and O–H groups in total. The molecule has 58 heteroatoms. The summed E-state index contributed by atoms with van der Waals surface area (Å²) in [7, 11) is -33.2. The van der Waals surface area contributed by atoms with E-state index in [9.17, 15) is 95.3 Å². The molecule has 826 valence electrons. The van der Waals surface area contributed by atoms with Crippen molar-refractivity contribution in [2.24, 2.45) is 0 Å². The summed E-state index contributed by atoms with van der Waals surface area (Å²) in [5.41, 5.74) is 6.76. The molecule has 46 nitrogen and oxygen atoms in total. The SMILES string of the molecule is CC(C)(C)NS(=O)(=O)c1cccc(N)c1.CC(C)(C)NS(=O)(=O)c1cccc(Nc2nc(S(C)(=O)=O)ncc2CCO)c1.CC(C)(C)NS(=O)(=O)c1cccc(Nc2nc(S(C)(=O)=O)ncc2CCOS(C)(=O)=O)c1.CCOC(=O)Cc1cnc(S(C)(=O)=O)nc1Nc1cccc(S(=O)(=O)NC(C)(C)C)c1.CCOC(=O)Cc1cnc(SC)nc1Cl.CCOC(=O)Cc1cnc(SC)nc1Nc1cccc(S(=O)(=O)NC(C)(C)C)c1. The predicted octanol–water partition coefficient (Wildman–Crippen LogP) is 10.7. The molecule has 10 aromatic rings. The molecule has 0 unspecified atom stereocenters. The number of aliphatic hydroxyl groups is 1. The first-order valence-electron chi connectivity index (χ1n) is 45.0. The van der Waals surface area contributed by atoms with Crippen LogP contribution in [0.3, 0.4) is 0 Å². The van der Waals surface area contributed by atoms with E-state index in [0.717, 1.165) is 25.0 Å². The van der Waals surface area contributed by atoms with Gasteiger partial charge < -0.3 is 46.3 Å². The van der Waals surface area contributed by atoms with Crippen molar-refractivity contribution in [3.8, 4) is 0 Å². The van der Waals surface area contributed by atoms with Gasteiger partial charge in [-0.15, -0.1) is 0 Å². The smallest absolute Gasteiger partial charge is 0.310 e. The molecule has 0 radical (unpaired) electrons. The van der Waals surface area contributed by atoms with Gasteiger partial charge in [0.15, 0.2) is 10.3 Å². The maximum Gasteiger partial charge on any atom is 0.310 e. The molecule has 0 fully saturated rings. The van der Waals surface area contributed by atoms with Gasteiger partial charge in [-0.3, -0.25) is 18.6 Å². The third kappa shape index (κ3) is 46.8. The summed E-state index contributed by atoms with van der Waals surface area (Å²) in [5.74, 6) is -0.496. The number of aromatic nitrogens is 10. The number of sulfone groups is 3. The Morgan fingerprint density at radius 2 is 0.607 bits per heavy atom. The van der Waals surface area contributed by atoms with Gasteiger partial charge in [-0.25, -0.2) is 141 Å². The van der Waals surface area contributed by atoms with Crippen LogP contribution in [0.5, 0.6) is 0 Å². The Hall–Kier alpha value is -10.8. The number of nitrogens with two attached hydrogens (primary N) is 1. The summed E-state index contributed by atoms with van der Waals surface area (Å²) in [6.07, 6.45) is 14.6. The van der Waals surface area contributed by atoms with Gasteiger partial charge in [-0.2, -0.15) is 8.42 Å². The van der Waals surface area contributed by atoms with E-state index in [1.165, 1.54) is 115 Å². The van der Waals surface area contributed by atoms with Gasteiger partial charge in [0.25, 0.3) is 10.1 Å². The number of esters is 3. The highest BCUT2D eigenvalue weighted by Crippen LogP contribution is 2.31. The quantitative estimate of drug-likeness (QED) is 0.00326. The van der Waals surface area contributed by atoms with Gasteiger partial charge >= 0.3 is 17.9 Å². The molecule has 0 saturated heterocycles. The molecule has 0 bridgehead atoms. The van der Waals surface area contributed by atoms with Crippen molar-refractivity contribution < 1.29 is 114 Å². The minimum Gasteiger partial charge on any atom is -0.466 e. The van der Waals surface area contributed by atoms with Crippen molar-refractivity contribution in [1.82, 2.24) is 73.5 Å². The van der Waals surface area contributed by atoms with Crippen molar-refractivity contribution in [3.63, 3.8) is 0 Å². The van der Waals surface area contributed by atoms with Crippen LogP contribution in [0.2, 0.25) is 5.15 Å². The number of nitrogens with one attached hydrogen (secondary N) is 9. The van der Waals surface area contributed by atoms with Gasteiger partial charge in [0.2, 0.25) is 95.1 Å². The molecule has 0 aliphatic heterocycles. The molecule has 0 aliphatic rings. The van der Waals surface area contributed by atoms with Crippen LogP contribution in [0.25, 0.3) is 0 Å². The summed E-state index contributed by atoms with van der Waals surface area (Å²) in [4.78, 5) is 75.5. The number of hydrogen-bond acceptors (Lipinski definition) is 43. The number of aliphatic hydroxyl groups excluding tert-OH is 1. The number of sulfonamides is 5. The lowest BCUT2D eigenvalue weighted by Crippen LogP contribution is -2.40. The molecule has 150 heavy (non-hydrogen) atoms. The first-order chi connectivity index (χ1) is 68.9. The maximum atomic E-state index is 12.6. The molecule has 0 amide bonds. The fourth-order valence-electron chi connectivity index (χ4n) is 11.9. The average Bonchev–Trinajstić information content (AvgIpc) is 0.800. The van der Waals surface area contributed by atoms with Gasteiger partial charge in [0.1, 0.15) is 28.4 Å². The topological polar surface area (TPSA) is 679 Å². The normalized spacial score (nSPS) is 12.3. The number of ether oxygens (including phenoxy) is 3. The lowest BCUT2D eigenvalue weighted by Gasteiger charge is -2.20. The standard InChI is InChI=1S/C19H26N4O6S2.C19H26N4O4S2.C18H26N4O7S3.C17H24N4O5S2.C10H16N2O2S.C9H11ClN2O2S/c1-6-29-16(24)10-13-12-20-18(30(5,25)26)22-17(13)21-14-8-7-9-15(11-14)31(27,28)23-19(2,3)4;1-6-27-16(24)10-13-12-20-18(28-5)22-17(13)21-14-8-7-9-15(11-14)29(25,26)23-19(2,3)4;1-18(2,3)22-32(27,28)15-8-6-7-14(11-15)20-16-13(9-10-29-31(5,25)26)12-19-17(21-16)30(4,23)24;1-17(2,3)21-28(25,26)14-7-5-6-13(10-14)19-15-12(8-9-22)11-18-16(20-15)27(4,23)24;1-10(2,3)12-15(13,14)9-6-4-5-8(11)7-9;1-3-14-7(13)4-6-5-11-9(15-2)12-8(6)10/h7-9,11-12,23H,6,10H2,1-5H3,(H,20,21,22);7-9,11-12,23H,6,10H2,1-5H3,(H,20,21,22);6-8,11-12,22H,9-10H2,1-5H3,(H,19,20,21);5-7,10-11,21-22H,8-9H2,1-4H3,(H,18,19,20);4-7,12H,11H2,1-3H3;5H,3-4H2,1-2H3. The van der Waals surface area contributed by atoms with E-state index >= 15 is 0 Å². The molecule has 0 aliphatic carbocycles. The number of halogens is 1. The maximum absolute atomic E-state index is 12.6. The monoisotopic (exact) mass is 2320 g/mol. The fraction of sp³-hybridized carbons (Fsp3) is 0.424. The lowest BCUT2D eigenvalue weighted by molar-refractivity contribution is -0.143. The zero-order valence-corrected chi connectivity index (χ0v) is 96.8. The zero-order valence-electron chi connectivity index (χ0n) is 87.1. The molecule has 5 aromatic carbocycles. The average molecular weight is 2320 g/mol. The van der Waals surface area contributed by atoms with E-state index in [0.29, 0.717) is 84.1 Å². The van der Waals surface area contributed by atoms with Crippen LogP contribution in [0, 0.1) is 0 Å². The Kier molecular flexibility index (Phi) is 47.6. The van der Waals surface area contributed by atoms with Gasteiger partial charge in [0.05, 0.1) is 76.4 Å². The molecule has 5 heterocycles. The molecule has 5 aromatic heterocycles. The molecule has 0 atom stereocenters. The van der Waals surface area contributed by atoms with E-state index in [2.05, 4.69) is 94.7 Å². The van der Waals surface area contributed by atoms with Gasteiger partial charge in [-0.05, 0) is 228 Å². The Morgan fingerprint density at radius 1 is 0.353 bits per heavy atom. The van der Waals surface area contributed by atoms with E-state index in [1.807, 2.05) is 12.5 Å². The fourth-order valence-corrected chi connectivity index (χ4v) is 22.0. The Morgan fingerprint density at radius 3 is 0.873 bits per heavy atom. The van der Waals surface area contributed by atoms with Crippen LogP contribution < -0.4 is 50.6 Å². The van der Waals surface area contributed by atoms with Crippen LogP contribution in [-0.2, 0) is 155 Å². The highest BCUT2D eigenvalue weighted by atomic mass is 35.5. The number of carbonyl (C=O) groups excluding carboxylic acids is 3. The summed E-state index contributed by atoms with van der Waals surface area (Å²) in [5, 5.41) is 21.2. The molecule has 10 rings (SSSR count). The third-order valence-electron chi connectivity index (χ3n) is 17.5. The highest BCUT2D eigenvalue weighted by molar-refractivity contribution is 7.98. The molecular formula is C92H129ClN20O26S11. The van der Waals surface area contributed by atoms with E-state index in [4.69, 9.17) is 35.7 Å². The van der Waals surface area contributed by atoms with Crippen LogP contribution >= 0.6 is 35.1 Å². The van der Waals surface area contributed by atoms with Crippen LogP contribution in [-0.4, -0.2) is 247 Å². The largest absolute Gasteiger partial charge is 0.466 e. The van der Waals surface area contributed by atoms with Crippen LogP contribution in [0.1, 0.15) is 152 Å². The second-order valence-electron chi connectivity index (χ2n) is 37.5. The number of nitrogen functional groups attached to an aromatic ring is 1. The summed E-state index contributed by atoms with van der Waals surface area (Å²) in [6.45, 7) is 31.8. The van der Waals surface area contributed by atoms with Crippen molar-refractivity contribution >= 4 is 194 Å². The predicted molar refractivity (Wildman–Crippen MR) is 574 cm³/mol. The number of anilines is 9.